The predicted molar refractivity (Wildman–Crippen MR) is 166 cm³/mol. The summed E-state index contributed by atoms with van der Waals surface area (Å²) in [7, 11) is 0. The summed E-state index contributed by atoms with van der Waals surface area (Å²) in [6, 6.07) is 18.2. The van der Waals surface area contributed by atoms with Crippen LogP contribution in [0.25, 0.3) is 33.7 Å². The summed E-state index contributed by atoms with van der Waals surface area (Å²) < 4.78 is 6.27. The molecule has 5 nitrogen and oxygen atoms in total. The monoisotopic (exact) mass is 574 g/mol. The molecule has 0 bridgehead atoms. The molecular formula is C33H36Cl2N4O. The Morgan fingerprint density at radius 1 is 0.875 bits per heavy atom. The Morgan fingerprint density at radius 3 is 2.35 bits per heavy atom. The molecule has 3 fully saturated rings. The van der Waals surface area contributed by atoms with Crippen molar-refractivity contribution in [2.24, 2.45) is 0 Å². The average Bonchev–Trinajstić information content (AvgIpc) is 3.42. The molecule has 3 aromatic carbocycles. The summed E-state index contributed by atoms with van der Waals surface area (Å²) in [4.78, 5) is 9.82. The molecule has 2 saturated heterocycles. The van der Waals surface area contributed by atoms with Crippen LogP contribution in [0.4, 0.5) is 5.69 Å². The SMILES string of the molecule is Cc1c(-c2nc3cc(CN4CCCC4)cc(Cl)c3o2)cccc1-c1cccc(N2CCC(NC3CC3)CC2)c1Cl. The maximum Gasteiger partial charge on any atom is 0.227 e. The highest BCUT2D eigenvalue weighted by Crippen LogP contribution is 2.41. The lowest BCUT2D eigenvalue weighted by molar-refractivity contribution is 0.331. The smallest absolute Gasteiger partial charge is 0.227 e. The average molecular weight is 576 g/mol. The van der Waals surface area contributed by atoms with Crippen LogP contribution in [0.5, 0.6) is 0 Å². The fourth-order valence-electron chi connectivity index (χ4n) is 6.45. The minimum Gasteiger partial charge on any atom is -0.434 e. The first-order valence-electron chi connectivity index (χ1n) is 14.7. The van der Waals surface area contributed by atoms with Crippen molar-refractivity contribution >= 4 is 40.0 Å². The van der Waals surface area contributed by atoms with Crippen molar-refractivity contribution in [3.63, 3.8) is 0 Å². The molecule has 2 aliphatic heterocycles. The molecule has 1 aromatic heterocycles. The van der Waals surface area contributed by atoms with Crippen molar-refractivity contribution in [2.45, 2.75) is 64.1 Å². The van der Waals surface area contributed by atoms with Crippen molar-refractivity contribution in [2.75, 3.05) is 31.1 Å². The van der Waals surface area contributed by atoms with Gasteiger partial charge in [-0.2, -0.15) is 0 Å². The first kappa shape index (κ1) is 26.3. The van der Waals surface area contributed by atoms with Crippen LogP contribution in [-0.2, 0) is 6.54 Å². The van der Waals surface area contributed by atoms with E-state index in [1.54, 1.807) is 0 Å². The van der Waals surface area contributed by atoms with Gasteiger partial charge in [0.1, 0.15) is 5.52 Å². The second kappa shape index (κ2) is 11.0. The molecule has 40 heavy (non-hydrogen) atoms. The van der Waals surface area contributed by atoms with Gasteiger partial charge < -0.3 is 14.6 Å². The number of hydrogen-bond donors (Lipinski definition) is 1. The van der Waals surface area contributed by atoms with E-state index in [9.17, 15) is 0 Å². The summed E-state index contributed by atoms with van der Waals surface area (Å²) in [5.41, 5.74) is 7.94. The molecule has 3 aliphatic rings. The van der Waals surface area contributed by atoms with Crippen LogP contribution in [-0.4, -0.2) is 48.1 Å². The summed E-state index contributed by atoms with van der Waals surface area (Å²) in [6.45, 7) is 7.36. The summed E-state index contributed by atoms with van der Waals surface area (Å²) in [5, 5.41) is 5.22. The predicted octanol–water partition coefficient (Wildman–Crippen LogP) is 8.09. The molecule has 1 aliphatic carbocycles. The third-order valence-electron chi connectivity index (χ3n) is 8.83. The number of nitrogens with one attached hydrogen (secondary N) is 1. The molecule has 0 spiro atoms. The van der Waals surface area contributed by atoms with Gasteiger partial charge in [-0.15, -0.1) is 0 Å². The number of aromatic nitrogens is 1. The molecule has 7 heteroatoms. The van der Waals surface area contributed by atoms with Crippen LogP contribution in [0.2, 0.25) is 10.0 Å². The Kier molecular flexibility index (Phi) is 7.25. The van der Waals surface area contributed by atoms with Gasteiger partial charge >= 0.3 is 0 Å². The molecule has 0 unspecified atom stereocenters. The number of benzene rings is 3. The van der Waals surface area contributed by atoms with Crippen molar-refractivity contribution in [3.8, 4) is 22.6 Å². The third kappa shape index (κ3) is 5.25. The van der Waals surface area contributed by atoms with Crippen molar-refractivity contribution in [1.29, 1.82) is 0 Å². The molecule has 1 N–H and O–H groups in total. The summed E-state index contributed by atoms with van der Waals surface area (Å²) >= 11 is 13.8. The van der Waals surface area contributed by atoms with Crippen LogP contribution < -0.4 is 10.2 Å². The number of anilines is 1. The van der Waals surface area contributed by atoms with E-state index in [0.29, 0.717) is 22.5 Å². The van der Waals surface area contributed by atoms with Gasteiger partial charge in [-0.3, -0.25) is 4.90 Å². The first-order valence-corrected chi connectivity index (χ1v) is 15.5. The van der Waals surface area contributed by atoms with Crippen LogP contribution in [0, 0.1) is 6.92 Å². The molecule has 0 amide bonds. The lowest BCUT2D eigenvalue weighted by Gasteiger charge is -2.35. The van der Waals surface area contributed by atoms with E-state index in [0.717, 1.165) is 90.1 Å². The third-order valence-corrected chi connectivity index (χ3v) is 9.50. The Hall–Kier alpha value is -2.57. The van der Waals surface area contributed by atoms with E-state index in [4.69, 9.17) is 32.6 Å². The standard InChI is InChI=1S/C33H36Cl2N4O/c1-21-25(27-8-5-9-30(31(27)35)39-16-12-24(13-17-39)36-23-10-11-23)6-4-7-26(21)33-37-29-19-22(18-28(34)32(29)40-33)20-38-14-2-3-15-38/h4-9,18-19,23-24,36H,2-3,10-17,20H2,1H3. The second-order valence-electron chi connectivity index (χ2n) is 11.7. The van der Waals surface area contributed by atoms with Crippen LogP contribution in [0.15, 0.2) is 52.9 Å². The van der Waals surface area contributed by atoms with Gasteiger partial charge in [0.05, 0.1) is 15.7 Å². The number of rotatable bonds is 7. The van der Waals surface area contributed by atoms with Crippen molar-refractivity contribution < 1.29 is 4.42 Å². The molecule has 7 rings (SSSR count). The molecule has 3 heterocycles. The van der Waals surface area contributed by atoms with Gasteiger partial charge in [0.15, 0.2) is 5.58 Å². The Labute approximate surface area is 246 Å². The van der Waals surface area contributed by atoms with E-state index in [-0.39, 0.29) is 0 Å². The lowest BCUT2D eigenvalue weighted by atomic mass is 9.95. The molecule has 4 aromatic rings. The molecule has 1 saturated carbocycles. The van der Waals surface area contributed by atoms with Gasteiger partial charge in [0.25, 0.3) is 0 Å². The topological polar surface area (TPSA) is 44.5 Å². The highest BCUT2D eigenvalue weighted by Gasteiger charge is 2.28. The Bertz CT molecular complexity index is 1530. The van der Waals surface area contributed by atoms with Gasteiger partial charge in [-0.1, -0.05) is 47.5 Å². The maximum atomic E-state index is 7.13. The Balaban J connectivity index is 1.17. The van der Waals surface area contributed by atoms with E-state index < -0.39 is 0 Å². The van der Waals surface area contributed by atoms with Crippen molar-refractivity contribution in [3.05, 3.63) is 69.7 Å². The summed E-state index contributed by atoms with van der Waals surface area (Å²) in [6.07, 6.45) is 7.52. The molecule has 208 valence electrons. The largest absolute Gasteiger partial charge is 0.434 e. The lowest BCUT2D eigenvalue weighted by Crippen LogP contribution is -2.43. The zero-order valence-corrected chi connectivity index (χ0v) is 24.6. The van der Waals surface area contributed by atoms with Gasteiger partial charge in [0.2, 0.25) is 5.89 Å². The molecular weight excluding hydrogens is 539 g/mol. The van der Waals surface area contributed by atoms with Crippen molar-refractivity contribution in [1.82, 2.24) is 15.2 Å². The maximum absolute atomic E-state index is 7.13. The quantitative estimate of drug-likeness (QED) is 0.241. The summed E-state index contributed by atoms with van der Waals surface area (Å²) in [5.74, 6) is 0.590. The normalized spacial score (nSPS) is 18.7. The number of oxazole rings is 1. The van der Waals surface area contributed by atoms with Gasteiger partial charge in [-0.05, 0) is 99.5 Å². The fourth-order valence-corrected chi connectivity index (χ4v) is 7.08. The minimum atomic E-state index is 0.590. The second-order valence-corrected chi connectivity index (χ2v) is 12.5. The van der Waals surface area contributed by atoms with E-state index in [1.807, 2.05) is 6.07 Å². The van der Waals surface area contributed by atoms with Crippen LogP contribution >= 0.6 is 23.2 Å². The van der Waals surface area contributed by atoms with E-state index in [2.05, 4.69) is 64.5 Å². The highest BCUT2D eigenvalue weighted by atomic mass is 35.5. The van der Waals surface area contributed by atoms with Gasteiger partial charge in [-0.25, -0.2) is 4.98 Å². The number of likely N-dealkylation sites (tertiary alicyclic amines) is 1. The number of piperidine rings is 1. The number of hydrogen-bond acceptors (Lipinski definition) is 5. The van der Waals surface area contributed by atoms with E-state index in [1.165, 1.54) is 31.2 Å². The van der Waals surface area contributed by atoms with Gasteiger partial charge in [0, 0.05) is 42.8 Å². The zero-order valence-electron chi connectivity index (χ0n) is 23.1. The molecule has 0 radical (unpaired) electrons. The zero-order chi connectivity index (χ0) is 27.2. The number of nitrogens with zero attached hydrogens (tertiary/aromatic N) is 3. The Morgan fingerprint density at radius 2 is 1.57 bits per heavy atom. The number of halogens is 2. The minimum absolute atomic E-state index is 0.590. The highest BCUT2D eigenvalue weighted by molar-refractivity contribution is 6.36. The first-order chi connectivity index (χ1) is 19.5. The fraction of sp³-hybridized carbons (Fsp3) is 0.424. The molecule has 0 atom stereocenters. The van der Waals surface area contributed by atoms with Crippen LogP contribution in [0.3, 0.4) is 0 Å². The van der Waals surface area contributed by atoms with Crippen LogP contribution in [0.1, 0.15) is 49.7 Å². The van der Waals surface area contributed by atoms with E-state index >= 15 is 0 Å². The number of fused-ring (bicyclic) bond motifs is 1.